The number of aliphatic hydroxyl groups excluding tert-OH is 2. The van der Waals surface area contributed by atoms with Crippen molar-refractivity contribution in [1.29, 1.82) is 0 Å². The lowest BCUT2D eigenvalue weighted by Crippen LogP contribution is -2.12. The molecule has 22 heavy (non-hydrogen) atoms. The molecule has 4 nitrogen and oxygen atoms in total. The van der Waals surface area contributed by atoms with Crippen LogP contribution in [-0.2, 0) is 0 Å². The Morgan fingerprint density at radius 2 is 1.64 bits per heavy atom. The topological polar surface area (TPSA) is 64.8 Å². The zero-order chi connectivity index (χ0) is 16.2. The van der Waals surface area contributed by atoms with Crippen molar-refractivity contribution in [2.45, 2.75) is 45.4 Å². The van der Waals surface area contributed by atoms with E-state index in [-0.39, 0.29) is 13.2 Å². The van der Waals surface area contributed by atoms with Gasteiger partial charge in [0.15, 0.2) is 0 Å². The van der Waals surface area contributed by atoms with Crippen molar-refractivity contribution in [1.82, 2.24) is 0 Å². The number of unbranched alkanes of at least 4 members (excludes halogenated alkanes) is 2. The first kappa shape index (κ1) is 18.7. The van der Waals surface area contributed by atoms with Crippen molar-refractivity contribution in [3.63, 3.8) is 0 Å². The van der Waals surface area contributed by atoms with Gasteiger partial charge in [-0.25, -0.2) is 0 Å². The Morgan fingerprint density at radius 1 is 0.955 bits per heavy atom. The van der Waals surface area contributed by atoms with Crippen LogP contribution in [0.15, 0.2) is 29.3 Å². The van der Waals surface area contributed by atoms with Crippen molar-refractivity contribution in [2.75, 3.05) is 31.6 Å². The monoisotopic (exact) mass is 306 g/mol. The van der Waals surface area contributed by atoms with Gasteiger partial charge in [0.1, 0.15) is 0 Å². The number of rotatable bonds is 10. The van der Waals surface area contributed by atoms with E-state index in [1.165, 1.54) is 5.56 Å². The Labute approximate surface area is 133 Å². The number of nitrogens with zero attached hydrogens (tertiary/aromatic N) is 1. The maximum Gasteiger partial charge on any atom is 0.0805 e. The second-order valence-electron chi connectivity index (χ2n) is 5.79. The Kier molecular flexibility index (Phi) is 9.51. The summed E-state index contributed by atoms with van der Waals surface area (Å²) in [5, 5.41) is 22.1. The summed E-state index contributed by atoms with van der Waals surface area (Å²) >= 11 is 0. The van der Waals surface area contributed by atoms with Crippen molar-refractivity contribution in [3.8, 4) is 0 Å². The molecule has 1 rings (SSSR count). The van der Waals surface area contributed by atoms with Crippen LogP contribution in [-0.4, -0.2) is 36.5 Å². The minimum atomic E-state index is 0.224. The molecule has 0 spiro atoms. The van der Waals surface area contributed by atoms with Crippen LogP contribution in [0.4, 0.5) is 5.69 Å². The summed E-state index contributed by atoms with van der Waals surface area (Å²) in [6.45, 7) is 6.39. The van der Waals surface area contributed by atoms with Gasteiger partial charge in [-0.3, -0.25) is 4.99 Å². The Hall–Kier alpha value is -1.39. The minimum absolute atomic E-state index is 0.224. The van der Waals surface area contributed by atoms with Crippen LogP contribution in [0.1, 0.15) is 51.0 Å². The molecule has 0 fully saturated rings. The van der Waals surface area contributed by atoms with E-state index in [1.54, 1.807) is 0 Å². The highest BCUT2D eigenvalue weighted by Crippen LogP contribution is 2.13. The molecule has 0 unspecified atom stereocenters. The van der Waals surface area contributed by atoms with Crippen molar-refractivity contribution in [2.24, 2.45) is 4.99 Å². The molecule has 0 aliphatic heterocycles. The van der Waals surface area contributed by atoms with Gasteiger partial charge in [0, 0.05) is 26.3 Å². The van der Waals surface area contributed by atoms with E-state index < -0.39 is 0 Å². The summed E-state index contributed by atoms with van der Waals surface area (Å²) in [7, 11) is 0. The lowest BCUT2D eigenvalue weighted by atomic mass is 10.1. The van der Waals surface area contributed by atoms with Crippen LogP contribution in [0, 0.1) is 0 Å². The fourth-order valence-corrected chi connectivity index (χ4v) is 2.14. The quantitative estimate of drug-likeness (QED) is 0.582. The maximum absolute atomic E-state index is 8.86. The third kappa shape index (κ3) is 7.05. The van der Waals surface area contributed by atoms with Crippen LogP contribution >= 0.6 is 0 Å². The fourth-order valence-electron chi connectivity index (χ4n) is 2.14. The van der Waals surface area contributed by atoms with Crippen LogP contribution in [0.5, 0.6) is 0 Å². The molecule has 0 heterocycles. The van der Waals surface area contributed by atoms with E-state index in [1.807, 2.05) is 0 Å². The lowest BCUT2D eigenvalue weighted by Gasteiger charge is -2.04. The fraction of sp³-hybridized carbons (Fsp3) is 0.611. The van der Waals surface area contributed by atoms with Gasteiger partial charge < -0.3 is 15.5 Å². The number of hydrogen-bond acceptors (Lipinski definition) is 4. The van der Waals surface area contributed by atoms with Gasteiger partial charge in [-0.2, -0.15) is 0 Å². The molecule has 3 N–H and O–H groups in total. The summed E-state index contributed by atoms with van der Waals surface area (Å²) in [6.07, 6.45) is 3.44. The largest absolute Gasteiger partial charge is 0.396 e. The summed E-state index contributed by atoms with van der Waals surface area (Å²) < 4.78 is 0. The molecule has 0 radical (unpaired) electrons. The first-order valence-corrected chi connectivity index (χ1v) is 8.29. The van der Waals surface area contributed by atoms with E-state index in [2.05, 4.69) is 48.4 Å². The highest BCUT2D eigenvalue weighted by molar-refractivity contribution is 5.43. The normalized spacial score (nSPS) is 12.0. The lowest BCUT2D eigenvalue weighted by molar-refractivity contribution is 0.285. The zero-order valence-electron chi connectivity index (χ0n) is 13.9. The van der Waals surface area contributed by atoms with Gasteiger partial charge in [0.05, 0.1) is 11.0 Å². The van der Waals surface area contributed by atoms with E-state index in [0.29, 0.717) is 5.92 Å². The first-order chi connectivity index (χ1) is 10.7. The van der Waals surface area contributed by atoms with Crippen molar-refractivity contribution < 1.29 is 10.2 Å². The summed E-state index contributed by atoms with van der Waals surface area (Å²) in [5.41, 5.74) is 2.32. The van der Waals surface area contributed by atoms with Crippen molar-refractivity contribution >= 4 is 5.69 Å². The SMILES string of the molecule is CC(C)c1ccc(NCCCCO)c(=NCCCCO)cc1. The highest BCUT2D eigenvalue weighted by Gasteiger charge is 2.00. The Balaban J connectivity index is 2.90. The standard InChI is InChI=1S/C18H30N2O2/c1-15(2)16-7-9-17(19-11-3-5-13-21)18(10-8-16)20-12-4-6-14-22/h7-10,15,21-22H,3-6,11-14H2,1-2H3,(H,19,20). The molecule has 0 saturated heterocycles. The van der Waals surface area contributed by atoms with Gasteiger partial charge in [0.2, 0.25) is 0 Å². The second-order valence-corrected chi connectivity index (χ2v) is 5.79. The van der Waals surface area contributed by atoms with Gasteiger partial charge in [0.25, 0.3) is 0 Å². The molecule has 0 atom stereocenters. The second kappa shape index (κ2) is 11.2. The molecular weight excluding hydrogens is 276 g/mol. The molecule has 0 aromatic heterocycles. The van der Waals surface area contributed by atoms with Crippen LogP contribution in [0.3, 0.4) is 0 Å². The van der Waals surface area contributed by atoms with Gasteiger partial charge in [-0.15, -0.1) is 0 Å². The average Bonchev–Trinajstić information content (AvgIpc) is 2.71. The molecule has 1 aromatic rings. The maximum atomic E-state index is 8.86. The van der Waals surface area contributed by atoms with Crippen LogP contribution < -0.4 is 10.7 Å². The summed E-state index contributed by atoms with van der Waals surface area (Å²) in [5.74, 6) is 0.483. The number of nitrogens with one attached hydrogen (secondary N) is 1. The molecular formula is C18H30N2O2. The van der Waals surface area contributed by atoms with Crippen LogP contribution in [0.2, 0.25) is 0 Å². The molecule has 0 aliphatic rings. The van der Waals surface area contributed by atoms with Gasteiger partial charge >= 0.3 is 0 Å². The molecule has 1 aromatic carbocycles. The van der Waals surface area contributed by atoms with Crippen LogP contribution in [0.25, 0.3) is 0 Å². The third-order valence-electron chi connectivity index (χ3n) is 3.57. The van der Waals surface area contributed by atoms with Gasteiger partial charge in [-0.1, -0.05) is 26.0 Å². The minimum Gasteiger partial charge on any atom is -0.396 e. The Morgan fingerprint density at radius 3 is 2.32 bits per heavy atom. The molecule has 124 valence electrons. The summed E-state index contributed by atoms with van der Waals surface area (Å²) in [6, 6.07) is 8.45. The Bertz CT molecular complexity index is 487. The predicted octanol–water partition coefficient (Wildman–Crippen LogP) is 2.67. The average molecular weight is 306 g/mol. The molecule has 0 saturated carbocycles. The van der Waals surface area contributed by atoms with E-state index in [0.717, 1.165) is 49.8 Å². The molecule has 0 amide bonds. The van der Waals surface area contributed by atoms with Gasteiger partial charge in [-0.05, 0) is 49.3 Å². The van der Waals surface area contributed by atoms with E-state index in [4.69, 9.17) is 10.2 Å². The van der Waals surface area contributed by atoms with E-state index >= 15 is 0 Å². The number of anilines is 1. The predicted molar refractivity (Wildman–Crippen MR) is 92.1 cm³/mol. The molecule has 0 aliphatic carbocycles. The number of hydrogen-bond donors (Lipinski definition) is 3. The van der Waals surface area contributed by atoms with Crippen molar-refractivity contribution in [3.05, 3.63) is 35.2 Å². The third-order valence-corrected chi connectivity index (χ3v) is 3.57. The zero-order valence-corrected chi connectivity index (χ0v) is 13.9. The number of aliphatic hydroxyl groups is 2. The highest BCUT2D eigenvalue weighted by atomic mass is 16.3. The first-order valence-electron chi connectivity index (χ1n) is 8.29. The molecule has 0 bridgehead atoms. The molecule has 4 heteroatoms. The van der Waals surface area contributed by atoms with E-state index in [9.17, 15) is 0 Å². The summed E-state index contributed by atoms with van der Waals surface area (Å²) in [4.78, 5) is 4.66. The smallest absolute Gasteiger partial charge is 0.0805 e.